The zero-order chi connectivity index (χ0) is 14.5. The molecule has 0 aliphatic carbocycles. The summed E-state index contributed by atoms with van der Waals surface area (Å²) in [5, 5.41) is 12.2. The minimum atomic E-state index is -1.53. The molecule has 20 heavy (non-hydrogen) atoms. The number of rotatable bonds is 6. The predicted octanol–water partition coefficient (Wildman–Crippen LogP) is 1.81. The van der Waals surface area contributed by atoms with Crippen molar-refractivity contribution in [2.45, 2.75) is 6.10 Å². The molecule has 0 spiro atoms. The maximum atomic E-state index is 12.9. The van der Waals surface area contributed by atoms with Crippen molar-refractivity contribution in [1.82, 2.24) is 8.75 Å². The molecule has 0 aliphatic heterocycles. The summed E-state index contributed by atoms with van der Waals surface area (Å²) in [4.78, 5) is 0. The second-order valence-corrected chi connectivity index (χ2v) is 4.40. The number of aliphatic hydroxyl groups excluding tert-OH is 1. The van der Waals surface area contributed by atoms with Gasteiger partial charge in [0.2, 0.25) is 5.88 Å². The standard InChI is InChI=1S/C11H10F3N3O2S/c12-8-1-6(2-9(13)11(8)14)15-3-7(18)5-19-10-4-16-20-17-10/h1-2,4,7,15,18H,3,5H2. The van der Waals surface area contributed by atoms with E-state index in [4.69, 9.17) is 4.74 Å². The quantitative estimate of drug-likeness (QED) is 0.797. The van der Waals surface area contributed by atoms with Crippen LogP contribution in [0.4, 0.5) is 18.9 Å². The van der Waals surface area contributed by atoms with Gasteiger partial charge in [-0.2, -0.15) is 4.37 Å². The molecule has 2 N–H and O–H groups in total. The first-order valence-electron chi connectivity index (χ1n) is 5.53. The fraction of sp³-hybridized carbons (Fsp3) is 0.273. The molecule has 0 amide bonds. The minimum Gasteiger partial charge on any atom is -0.473 e. The van der Waals surface area contributed by atoms with Gasteiger partial charge in [-0.3, -0.25) is 0 Å². The molecule has 1 aromatic carbocycles. The molecule has 2 aromatic rings. The summed E-state index contributed by atoms with van der Waals surface area (Å²) in [5.74, 6) is -3.85. The van der Waals surface area contributed by atoms with Crippen molar-refractivity contribution < 1.29 is 23.0 Å². The van der Waals surface area contributed by atoms with Crippen LogP contribution in [0.15, 0.2) is 18.3 Å². The van der Waals surface area contributed by atoms with E-state index in [2.05, 4.69) is 14.1 Å². The molecule has 0 saturated carbocycles. The fourth-order valence-corrected chi connectivity index (χ4v) is 1.72. The van der Waals surface area contributed by atoms with Gasteiger partial charge in [0.25, 0.3) is 0 Å². The highest BCUT2D eigenvalue weighted by atomic mass is 32.1. The molecule has 9 heteroatoms. The summed E-state index contributed by atoms with van der Waals surface area (Å²) < 4.78 is 51.2. The molecule has 0 saturated heterocycles. The van der Waals surface area contributed by atoms with Gasteiger partial charge in [0.1, 0.15) is 18.9 Å². The molecule has 0 radical (unpaired) electrons. The van der Waals surface area contributed by atoms with E-state index in [9.17, 15) is 18.3 Å². The van der Waals surface area contributed by atoms with Gasteiger partial charge in [0.05, 0.1) is 11.7 Å². The topological polar surface area (TPSA) is 67.3 Å². The van der Waals surface area contributed by atoms with Crippen LogP contribution in [0.3, 0.4) is 0 Å². The van der Waals surface area contributed by atoms with Gasteiger partial charge < -0.3 is 15.2 Å². The maximum absolute atomic E-state index is 12.9. The van der Waals surface area contributed by atoms with E-state index in [0.717, 1.165) is 23.9 Å². The van der Waals surface area contributed by atoms with Gasteiger partial charge in [-0.25, -0.2) is 13.2 Å². The maximum Gasteiger partial charge on any atom is 0.245 e. The van der Waals surface area contributed by atoms with E-state index in [1.54, 1.807) is 0 Å². The third-order valence-electron chi connectivity index (χ3n) is 2.29. The molecule has 1 unspecified atom stereocenters. The van der Waals surface area contributed by atoms with Crippen LogP contribution in [-0.2, 0) is 0 Å². The smallest absolute Gasteiger partial charge is 0.245 e. The summed E-state index contributed by atoms with van der Waals surface area (Å²) in [5.41, 5.74) is 0.0239. The van der Waals surface area contributed by atoms with Gasteiger partial charge in [0.15, 0.2) is 17.5 Å². The highest BCUT2D eigenvalue weighted by Crippen LogP contribution is 2.17. The van der Waals surface area contributed by atoms with Crippen LogP contribution in [0.1, 0.15) is 0 Å². The Labute approximate surface area is 116 Å². The lowest BCUT2D eigenvalue weighted by atomic mass is 10.2. The first-order valence-corrected chi connectivity index (χ1v) is 6.26. The molecule has 0 fully saturated rings. The van der Waals surface area contributed by atoms with E-state index >= 15 is 0 Å². The van der Waals surface area contributed by atoms with Crippen LogP contribution in [0.2, 0.25) is 0 Å². The molecular formula is C11H10F3N3O2S. The number of benzene rings is 1. The molecule has 1 aromatic heterocycles. The lowest BCUT2D eigenvalue weighted by Crippen LogP contribution is -2.26. The number of ether oxygens (including phenoxy) is 1. The van der Waals surface area contributed by atoms with Crippen molar-refractivity contribution >= 4 is 17.4 Å². The Morgan fingerprint density at radius 2 is 2.00 bits per heavy atom. The molecule has 108 valence electrons. The average Bonchev–Trinajstić information content (AvgIpc) is 2.93. The second-order valence-electron chi connectivity index (χ2n) is 3.85. The normalized spacial score (nSPS) is 12.2. The summed E-state index contributed by atoms with van der Waals surface area (Å²) in [7, 11) is 0. The zero-order valence-electron chi connectivity index (χ0n) is 10.0. The van der Waals surface area contributed by atoms with Gasteiger partial charge in [0, 0.05) is 24.4 Å². The van der Waals surface area contributed by atoms with Crippen LogP contribution >= 0.6 is 11.7 Å². The molecular weight excluding hydrogens is 295 g/mol. The lowest BCUT2D eigenvalue weighted by molar-refractivity contribution is 0.115. The van der Waals surface area contributed by atoms with Crippen molar-refractivity contribution in [3.8, 4) is 5.88 Å². The largest absolute Gasteiger partial charge is 0.473 e. The fourth-order valence-electron chi connectivity index (χ4n) is 1.35. The zero-order valence-corrected chi connectivity index (χ0v) is 10.8. The SMILES string of the molecule is OC(CNc1cc(F)c(F)c(F)c1)COc1cnsn1. The second kappa shape index (κ2) is 6.53. The van der Waals surface area contributed by atoms with Crippen molar-refractivity contribution in [1.29, 1.82) is 0 Å². The molecule has 0 aliphatic rings. The van der Waals surface area contributed by atoms with Crippen molar-refractivity contribution in [3.63, 3.8) is 0 Å². The van der Waals surface area contributed by atoms with E-state index in [1.807, 2.05) is 0 Å². The van der Waals surface area contributed by atoms with Crippen LogP contribution in [0.5, 0.6) is 5.88 Å². The Kier molecular flexibility index (Phi) is 4.74. The lowest BCUT2D eigenvalue weighted by Gasteiger charge is -2.13. The number of hydrogen-bond donors (Lipinski definition) is 2. The average molecular weight is 305 g/mol. The van der Waals surface area contributed by atoms with Crippen LogP contribution in [0, 0.1) is 17.5 Å². The molecule has 0 bridgehead atoms. The van der Waals surface area contributed by atoms with Gasteiger partial charge in [-0.1, -0.05) is 0 Å². The number of hydrogen-bond acceptors (Lipinski definition) is 6. The Bertz CT molecular complexity index is 545. The van der Waals surface area contributed by atoms with Gasteiger partial charge in [-0.05, 0) is 0 Å². The van der Waals surface area contributed by atoms with Crippen LogP contribution in [0.25, 0.3) is 0 Å². The van der Waals surface area contributed by atoms with E-state index in [-0.39, 0.29) is 24.7 Å². The van der Waals surface area contributed by atoms with Crippen molar-refractivity contribution in [2.75, 3.05) is 18.5 Å². The first kappa shape index (κ1) is 14.5. The Morgan fingerprint density at radius 3 is 2.60 bits per heavy atom. The van der Waals surface area contributed by atoms with E-state index in [0.29, 0.717) is 0 Å². The first-order chi connectivity index (χ1) is 9.56. The summed E-state index contributed by atoms with van der Waals surface area (Å²) in [6, 6.07) is 1.60. The Hall–Kier alpha value is -1.87. The number of nitrogens with zero attached hydrogens (tertiary/aromatic N) is 2. The molecule has 1 atom stereocenters. The number of nitrogens with one attached hydrogen (secondary N) is 1. The Morgan fingerprint density at radius 1 is 1.30 bits per heavy atom. The highest BCUT2D eigenvalue weighted by molar-refractivity contribution is 6.99. The number of aliphatic hydroxyl groups is 1. The van der Waals surface area contributed by atoms with Crippen LogP contribution < -0.4 is 10.1 Å². The highest BCUT2D eigenvalue weighted by Gasteiger charge is 2.12. The van der Waals surface area contributed by atoms with Crippen molar-refractivity contribution in [2.24, 2.45) is 0 Å². The molecule has 1 heterocycles. The third kappa shape index (κ3) is 3.81. The van der Waals surface area contributed by atoms with E-state index < -0.39 is 23.6 Å². The minimum absolute atomic E-state index is 0.0239. The van der Waals surface area contributed by atoms with Gasteiger partial charge in [-0.15, -0.1) is 4.37 Å². The predicted molar refractivity (Wildman–Crippen MR) is 66.2 cm³/mol. The third-order valence-corrected chi connectivity index (χ3v) is 2.75. The number of halogens is 3. The summed E-state index contributed by atoms with van der Waals surface area (Å²) >= 11 is 0.965. The Balaban J connectivity index is 1.82. The van der Waals surface area contributed by atoms with Crippen LogP contribution in [-0.4, -0.2) is 33.1 Å². The number of aromatic nitrogens is 2. The molecule has 5 nitrogen and oxygen atoms in total. The van der Waals surface area contributed by atoms with E-state index in [1.165, 1.54) is 6.20 Å². The molecule has 2 rings (SSSR count). The van der Waals surface area contributed by atoms with Gasteiger partial charge >= 0.3 is 0 Å². The summed E-state index contributed by atoms with van der Waals surface area (Å²) in [6.07, 6.45) is 0.461. The monoisotopic (exact) mass is 305 g/mol. The number of anilines is 1. The van der Waals surface area contributed by atoms with Crippen molar-refractivity contribution in [3.05, 3.63) is 35.8 Å². The summed E-state index contributed by atoms with van der Waals surface area (Å²) in [6.45, 7) is -0.0906.